The van der Waals surface area contributed by atoms with Crippen molar-refractivity contribution in [3.05, 3.63) is 30.1 Å². The smallest absolute Gasteiger partial charge is 0.260 e. The largest absolute Gasteiger partial charge is 0.530 e. The Hall–Kier alpha value is -2.37. The number of carboxylic acid groups (broad SMARTS) is 1. The monoisotopic (exact) mass is 218 g/mol. The molecule has 2 aromatic rings. The molecule has 0 aliphatic carbocycles. The summed E-state index contributed by atoms with van der Waals surface area (Å²) in [6, 6.07) is 6.70. The fourth-order valence-electron chi connectivity index (χ4n) is 1.30. The molecule has 0 fully saturated rings. The molecular formula is C10H8N3O3-. The summed E-state index contributed by atoms with van der Waals surface area (Å²) in [5.74, 6) is 0.750. The van der Waals surface area contributed by atoms with Crippen molar-refractivity contribution in [2.75, 3.05) is 5.32 Å². The van der Waals surface area contributed by atoms with E-state index >= 15 is 0 Å². The number of benzene rings is 1. The van der Waals surface area contributed by atoms with Crippen LogP contribution in [0.1, 0.15) is 5.82 Å². The third-order valence-corrected chi connectivity index (χ3v) is 1.92. The highest BCUT2D eigenvalue weighted by Crippen LogP contribution is 2.25. The molecule has 1 aromatic heterocycles. The number of anilines is 1. The zero-order valence-corrected chi connectivity index (χ0v) is 8.43. The first-order valence-corrected chi connectivity index (χ1v) is 4.54. The van der Waals surface area contributed by atoms with Crippen LogP contribution < -0.4 is 10.4 Å². The molecule has 1 N–H and O–H groups in total. The topological polar surface area (TPSA) is 91.1 Å². The molecule has 0 spiro atoms. The Morgan fingerprint density at radius 3 is 2.81 bits per heavy atom. The zero-order chi connectivity index (χ0) is 11.5. The maximum absolute atomic E-state index is 10.5. The third-order valence-electron chi connectivity index (χ3n) is 1.92. The van der Waals surface area contributed by atoms with Gasteiger partial charge in [-0.05, 0) is 19.1 Å². The summed E-state index contributed by atoms with van der Waals surface area (Å²) >= 11 is 0. The van der Waals surface area contributed by atoms with Crippen LogP contribution in [0.2, 0.25) is 0 Å². The van der Waals surface area contributed by atoms with E-state index in [0.29, 0.717) is 17.1 Å². The summed E-state index contributed by atoms with van der Waals surface area (Å²) < 4.78 is 4.96. The summed E-state index contributed by atoms with van der Waals surface area (Å²) in [5, 5.41) is 16.3. The normalized spacial score (nSPS) is 10.1. The molecule has 0 atom stereocenters. The van der Waals surface area contributed by atoms with E-state index in [-0.39, 0.29) is 5.89 Å². The number of carbonyl (C=O) groups excluding carboxylic acids is 1. The SMILES string of the molecule is Cc1noc(-c2ccccc2NC(=O)[O-])n1. The van der Waals surface area contributed by atoms with Gasteiger partial charge in [0.05, 0.1) is 11.3 Å². The molecule has 0 bridgehead atoms. The van der Waals surface area contributed by atoms with Gasteiger partial charge in [-0.2, -0.15) is 4.98 Å². The van der Waals surface area contributed by atoms with Crippen molar-refractivity contribution in [3.63, 3.8) is 0 Å². The lowest BCUT2D eigenvalue weighted by atomic mass is 10.2. The number of amides is 1. The summed E-state index contributed by atoms with van der Waals surface area (Å²) in [4.78, 5) is 14.5. The van der Waals surface area contributed by atoms with Crippen molar-refractivity contribution in [1.82, 2.24) is 10.1 Å². The molecule has 0 saturated carbocycles. The van der Waals surface area contributed by atoms with Crippen LogP contribution in [0.4, 0.5) is 10.5 Å². The predicted molar refractivity (Wildman–Crippen MR) is 53.5 cm³/mol. The van der Waals surface area contributed by atoms with Crippen LogP contribution in [-0.4, -0.2) is 16.2 Å². The Morgan fingerprint density at radius 1 is 1.44 bits per heavy atom. The Balaban J connectivity index is 2.43. The van der Waals surface area contributed by atoms with Gasteiger partial charge in [0.25, 0.3) is 5.89 Å². The molecule has 0 unspecified atom stereocenters. The van der Waals surface area contributed by atoms with E-state index in [2.05, 4.69) is 15.5 Å². The highest BCUT2D eigenvalue weighted by molar-refractivity contribution is 5.87. The number of nitrogens with zero attached hydrogens (tertiary/aromatic N) is 2. The number of carbonyl (C=O) groups is 1. The van der Waals surface area contributed by atoms with Crippen LogP contribution in [-0.2, 0) is 0 Å². The molecule has 16 heavy (non-hydrogen) atoms. The van der Waals surface area contributed by atoms with Crippen LogP contribution in [0.25, 0.3) is 11.5 Å². The Kier molecular flexibility index (Phi) is 2.55. The molecule has 1 aromatic carbocycles. The number of hydrogen-bond acceptors (Lipinski definition) is 5. The van der Waals surface area contributed by atoms with Crippen LogP contribution in [0.5, 0.6) is 0 Å². The van der Waals surface area contributed by atoms with E-state index in [9.17, 15) is 9.90 Å². The molecular weight excluding hydrogens is 210 g/mol. The van der Waals surface area contributed by atoms with Crippen molar-refractivity contribution < 1.29 is 14.4 Å². The molecule has 2 rings (SSSR count). The number of aryl methyl sites for hydroxylation is 1. The van der Waals surface area contributed by atoms with Gasteiger partial charge >= 0.3 is 0 Å². The lowest BCUT2D eigenvalue weighted by Gasteiger charge is -2.08. The van der Waals surface area contributed by atoms with E-state index in [0.717, 1.165) is 0 Å². The van der Waals surface area contributed by atoms with Gasteiger partial charge in [0.15, 0.2) is 5.82 Å². The van der Waals surface area contributed by atoms with Crippen LogP contribution in [0.15, 0.2) is 28.8 Å². The average Bonchev–Trinajstić information content (AvgIpc) is 2.65. The fraction of sp³-hybridized carbons (Fsp3) is 0.100. The molecule has 6 heteroatoms. The predicted octanol–water partition coefficient (Wildman–Crippen LogP) is 0.800. The molecule has 0 aliphatic heterocycles. The Bertz CT molecular complexity index is 522. The average molecular weight is 218 g/mol. The highest BCUT2D eigenvalue weighted by Gasteiger charge is 2.10. The first-order chi connectivity index (χ1) is 7.66. The van der Waals surface area contributed by atoms with E-state index in [4.69, 9.17) is 4.52 Å². The van der Waals surface area contributed by atoms with Gasteiger partial charge in [0, 0.05) is 0 Å². The Labute approximate surface area is 90.9 Å². The molecule has 1 heterocycles. The van der Waals surface area contributed by atoms with Crippen molar-refractivity contribution in [3.8, 4) is 11.5 Å². The van der Waals surface area contributed by atoms with E-state index in [1.54, 1.807) is 31.2 Å². The van der Waals surface area contributed by atoms with Gasteiger partial charge in [-0.25, -0.2) is 0 Å². The summed E-state index contributed by atoms with van der Waals surface area (Å²) in [6.45, 7) is 1.68. The van der Waals surface area contributed by atoms with Gasteiger partial charge < -0.3 is 19.7 Å². The maximum atomic E-state index is 10.5. The number of para-hydroxylation sites is 1. The molecule has 0 radical (unpaired) electrons. The summed E-state index contributed by atoms with van der Waals surface area (Å²) in [6.07, 6.45) is -1.39. The van der Waals surface area contributed by atoms with Gasteiger partial charge in [0.2, 0.25) is 0 Å². The zero-order valence-electron chi connectivity index (χ0n) is 8.43. The number of hydrogen-bond donors (Lipinski definition) is 1. The van der Waals surface area contributed by atoms with Crippen molar-refractivity contribution >= 4 is 11.8 Å². The number of aromatic nitrogens is 2. The lowest BCUT2D eigenvalue weighted by Crippen LogP contribution is -2.28. The van der Waals surface area contributed by atoms with Crippen LogP contribution >= 0.6 is 0 Å². The third kappa shape index (κ3) is 2.00. The maximum Gasteiger partial charge on any atom is 0.260 e. The van der Waals surface area contributed by atoms with Crippen molar-refractivity contribution in [2.24, 2.45) is 0 Å². The lowest BCUT2D eigenvalue weighted by molar-refractivity contribution is -0.242. The second-order valence-electron chi connectivity index (χ2n) is 3.10. The minimum absolute atomic E-state index is 0.266. The number of nitrogens with one attached hydrogen (secondary N) is 1. The van der Waals surface area contributed by atoms with E-state index < -0.39 is 6.09 Å². The van der Waals surface area contributed by atoms with E-state index in [1.165, 1.54) is 0 Å². The van der Waals surface area contributed by atoms with Crippen LogP contribution in [0.3, 0.4) is 0 Å². The van der Waals surface area contributed by atoms with Gasteiger partial charge in [0.1, 0.15) is 6.09 Å². The fourth-order valence-corrected chi connectivity index (χ4v) is 1.30. The first kappa shape index (κ1) is 10.2. The quantitative estimate of drug-likeness (QED) is 0.804. The van der Waals surface area contributed by atoms with Crippen molar-refractivity contribution in [1.29, 1.82) is 0 Å². The number of rotatable bonds is 2. The van der Waals surface area contributed by atoms with Crippen molar-refractivity contribution in [2.45, 2.75) is 6.92 Å². The van der Waals surface area contributed by atoms with Gasteiger partial charge in [-0.15, -0.1) is 0 Å². The first-order valence-electron chi connectivity index (χ1n) is 4.54. The summed E-state index contributed by atoms with van der Waals surface area (Å²) in [7, 11) is 0. The second kappa shape index (κ2) is 4.01. The van der Waals surface area contributed by atoms with Gasteiger partial charge in [-0.3, -0.25) is 0 Å². The Morgan fingerprint density at radius 2 is 2.19 bits per heavy atom. The minimum Gasteiger partial charge on any atom is -0.530 e. The standard InChI is InChI=1S/C10H9N3O3/c1-6-11-9(16-13-6)7-4-2-3-5-8(7)12-10(14)15/h2-5,12H,1H3,(H,14,15)/p-1. The molecule has 1 amide bonds. The minimum atomic E-state index is -1.39. The molecule has 82 valence electrons. The molecule has 0 saturated heterocycles. The second-order valence-corrected chi connectivity index (χ2v) is 3.10. The van der Waals surface area contributed by atoms with Gasteiger partial charge in [-0.1, -0.05) is 17.3 Å². The molecule has 6 nitrogen and oxygen atoms in total. The summed E-state index contributed by atoms with van der Waals surface area (Å²) in [5.41, 5.74) is 0.874. The highest BCUT2D eigenvalue weighted by atomic mass is 16.5. The molecule has 0 aliphatic rings. The van der Waals surface area contributed by atoms with Crippen LogP contribution in [0, 0.1) is 6.92 Å². The van der Waals surface area contributed by atoms with E-state index in [1.807, 2.05) is 0 Å².